The summed E-state index contributed by atoms with van der Waals surface area (Å²) in [6, 6.07) is 7.68. The van der Waals surface area contributed by atoms with Crippen LogP contribution < -0.4 is 0 Å². The Balaban J connectivity index is 2.40. The predicted octanol–water partition coefficient (Wildman–Crippen LogP) is 3.64. The molecule has 2 aromatic rings. The lowest BCUT2D eigenvalue weighted by Crippen LogP contribution is -2.01. The van der Waals surface area contributed by atoms with E-state index in [0.29, 0.717) is 6.42 Å². The third-order valence-electron chi connectivity index (χ3n) is 3.55. The molecule has 3 nitrogen and oxygen atoms in total. The second kappa shape index (κ2) is 5.39. The topological polar surface area (TPSA) is 34.9 Å². The van der Waals surface area contributed by atoms with Crippen LogP contribution in [0.5, 0.6) is 0 Å². The Morgan fingerprint density at radius 1 is 1.16 bits per heavy atom. The Morgan fingerprint density at radius 2 is 1.79 bits per heavy atom. The molecule has 0 atom stereocenters. The Labute approximate surface area is 114 Å². The molecule has 0 N–H and O–H groups in total. The molecule has 2 rings (SSSR count). The van der Waals surface area contributed by atoms with Crippen LogP contribution in [0.4, 0.5) is 0 Å². The number of ketones is 1. The molecule has 0 aliphatic rings. The fourth-order valence-electron chi connectivity index (χ4n) is 2.43. The van der Waals surface area contributed by atoms with Gasteiger partial charge in [-0.2, -0.15) is 5.10 Å². The van der Waals surface area contributed by atoms with Gasteiger partial charge in [-0.3, -0.25) is 4.79 Å². The fraction of sp³-hybridized carbons (Fsp3) is 0.375. The van der Waals surface area contributed by atoms with E-state index in [1.165, 1.54) is 11.3 Å². The molecule has 0 radical (unpaired) electrons. The second-order valence-corrected chi connectivity index (χ2v) is 4.74. The lowest BCUT2D eigenvalue weighted by Gasteiger charge is -2.06. The van der Waals surface area contributed by atoms with Crippen molar-refractivity contribution in [2.24, 2.45) is 0 Å². The fourth-order valence-corrected chi connectivity index (χ4v) is 2.43. The summed E-state index contributed by atoms with van der Waals surface area (Å²) >= 11 is 0. The van der Waals surface area contributed by atoms with Crippen LogP contribution in [0.3, 0.4) is 0 Å². The minimum Gasteiger partial charge on any atom is -0.294 e. The number of nitrogens with zero attached hydrogens (tertiary/aromatic N) is 2. The van der Waals surface area contributed by atoms with E-state index in [2.05, 4.69) is 18.9 Å². The standard InChI is InChI=1S/C16H20N2O/c1-5-15-11(3)17-18(12(15)4)14-9-7-13(8-10-14)16(19)6-2/h7-10H,5-6H2,1-4H3. The maximum absolute atomic E-state index is 11.6. The van der Waals surface area contributed by atoms with Crippen molar-refractivity contribution in [1.82, 2.24) is 9.78 Å². The number of benzene rings is 1. The highest BCUT2D eigenvalue weighted by Crippen LogP contribution is 2.19. The van der Waals surface area contributed by atoms with Gasteiger partial charge in [-0.15, -0.1) is 0 Å². The number of Topliss-reactive ketones (excluding diaryl/α,β-unsaturated/α-hetero) is 1. The number of aryl methyl sites for hydroxylation is 1. The molecule has 1 aromatic carbocycles. The Bertz CT molecular complexity index is 594. The highest BCUT2D eigenvalue weighted by molar-refractivity contribution is 5.95. The van der Waals surface area contributed by atoms with E-state index in [-0.39, 0.29) is 5.78 Å². The van der Waals surface area contributed by atoms with Crippen molar-refractivity contribution in [2.45, 2.75) is 40.5 Å². The van der Waals surface area contributed by atoms with Crippen LogP contribution in [0.2, 0.25) is 0 Å². The normalized spacial score (nSPS) is 10.7. The predicted molar refractivity (Wildman–Crippen MR) is 77.0 cm³/mol. The molecule has 0 aliphatic heterocycles. The smallest absolute Gasteiger partial charge is 0.162 e. The number of carbonyl (C=O) groups excluding carboxylic acids is 1. The van der Waals surface area contributed by atoms with Gasteiger partial charge in [0, 0.05) is 17.7 Å². The average Bonchev–Trinajstić information content (AvgIpc) is 2.72. The van der Waals surface area contributed by atoms with E-state index in [9.17, 15) is 4.79 Å². The minimum atomic E-state index is 0.175. The lowest BCUT2D eigenvalue weighted by molar-refractivity contribution is 0.0988. The second-order valence-electron chi connectivity index (χ2n) is 4.74. The number of hydrogen-bond acceptors (Lipinski definition) is 2. The summed E-state index contributed by atoms with van der Waals surface area (Å²) in [4.78, 5) is 11.6. The van der Waals surface area contributed by atoms with Gasteiger partial charge in [0.05, 0.1) is 11.4 Å². The van der Waals surface area contributed by atoms with Gasteiger partial charge in [0.2, 0.25) is 0 Å². The van der Waals surface area contributed by atoms with E-state index in [4.69, 9.17) is 0 Å². The molecule has 1 aromatic heterocycles. The molecule has 0 aliphatic carbocycles. The molecule has 0 amide bonds. The maximum atomic E-state index is 11.6. The molecule has 0 saturated carbocycles. The molecule has 0 unspecified atom stereocenters. The number of carbonyl (C=O) groups is 1. The highest BCUT2D eigenvalue weighted by Gasteiger charge is 2.11. The molecule has 0 saturated heterocycles. The van der Waals surface area contributed by atoms with Crippen LogP contribution in [0, 0.1) is 13.8 Å². The molecule has 19 heavy (non-hydrogen) atoms. The van der Waals surface area contributed by atoms with Crippen molar-refractivity contribution >= 4 is 5.78 Å². The first-order valence-corrected chi connectivity index (χ1v) is 6.77. The van der Waals surface area contributed by atoms with Gasteiger partial charge in [0.15, 0.2) is 5.78 Å². The summed E-state index contributed by atoms with van der Waals surface area (Å²) < 4.78 is 1.95. The molecule has 100 valence electrons. The van der Waals surface area contributed by atoms with E-state index in [1.807, 2.05) is 42.8 Å². The Morgan fingerprint density at radius 3 is 2.26 bits per heavy atom. The van der Waals surface area contributed by atoms with E-state index in [0.717, 1.165) is 23.4 Å². The van der Waals surface area contributed by atoms with Crippen molar-refractivity contribution in [3.63, 3.8) is 0 Å². The monoisotopic (exact) mass is 256 g/mol. The SMILES string of the molecule is CCC(=O)c1ccc(-n2nc(C)c(CC)c2C)cc1. The van der Waals surface area contributed by atoms with Crippen molar-refractivity contribution in [1.29, 1.82) is 0 Å². The van der Waals surface area contributed by atoms with E-state index >= 15 is 0 Å². The van der Waals surface area contributed by atoms with Gasteiger partial charge in [-0.25, -0.2) is 4.68 Å². The molecule has 0 fully saturated rings. The molecule has 3 heteroatoms. The summed E-state index contributed by atoms with van der Waals surface area (Å²) in [5.41, 5.74) is 5.33. The zero-order chi connectivity index (χ0) is 14.0. The maximum Gasteiger partial charge on any atom is 0.162 e. The Hall–Kier alpha value is -1.90. The van der Waals surface area contributed by atoms with Crippen LogP contribution in [0.25, 0.3) is 5.69 Å². The van der Waals surface area contributed by atoms with Gasteiger partial charge in [-0.05, 0) is 50.1 Å². The first-order valence-electron chi connectivity index (χ1n) is 6.77. The summed E-state index contributed by atoms with van der Waals surface area (Å²) in [7, 11) is 0. The van der Waals surface area contributed by atoms with Crippen LogP contribution in [-0.2, 0) is 6.42 Å². The molecular formula is C16H20N2O. The zero-order valence-electron chi connectivity index (χ0n) is 12.0. The quantitative estimate of drug-likeness (QED) is 0.783. The van der Waals surface area contributed by atoms with Gasteiger partial charge < -0.3 is 0 Å². The van der Waals surface area contributed by atoms with Crippen LogP contribution in [0.1, 0.15) is 47.6 Å². The highest BCUT2D eigenvalue weighted by atomic mass is 16.1. The summed E-state index contributed by atoms with van der Waals surface area (Å²) in [5, 5.41) is 4.58. The van der Waals surface area contributed by atoms with Gasteiger partial charge >= 0.3 is 0 Å². The summed E-state index contributed by atoms with van der Waals surface area (Å²) in [6.07, 6.45) is 1.53. The van der Waals surface area contributed by atoms with Crippen molar-refractivity contribution in [2.75, 3.05) is 0 Å². The summed E-state index contributed by atoms with van der Waals surface area (Å²) in [6.45, 7) is 8.15. The zero-order valence-corrected chi connectivity index (χ0v) is 12.0. The van der Waals surface area contributed by atoms with Crippen molar-refractivity contribution in [3.05, 3.63) is 46.8 Å². The largest absolute Gasteiger partial charge is 0.294 e. The summed E-state index contributed by atoms with van der Waals surface area (Å²) in [5.74, 6) is 0.175. The van der Waals surface area contributed by atoms with Gasteiger partial charge in [-0.1, -0.05) is 13.8 Å². The van der Waals surface area contributed by atoms with Crippen LogP contribution in [0.15, 0.2) is 24.3 Å². The first kappa shape index (κ1) is 13.5. The lowest BCUT2D eigenvalue weighted by atomic mass is 10.1. The van der Waals surface area contributed by atoms with E-state index in [1.54, 1.807) is 0 Å². The molecule has 1 heterocycles. The van der Waals surface area contributed by atoms with Crippen molar-refractivity contribution < 1.29 is 4.79 Å². The molecular weight excluding hydrogens is 236 g/mol. The third kappa shape index (κ3) is 2.46. The molecule has 0 spiro atoms. The van der Waals surface area contributed by atoms with Crippen LogP contribution >= 0.6 is 0 Å². The number of rotatable bonds is 4. The van der Waals surface area contributed by atoms with Crippen molar-refractivity contribution in [3.8, 4) is 5.69 Å². The minimum absolute atomic E-state index is 0.175. The third-order valence-corrected chi connectivity index (χ3v) is 3.55. The average molecular weight is 256 g/mol. The first-order chi connectivity index (χ1) is 9.08. The van der Waals surface area contributed by atoms with Crippen LogP contribution in [-0.4, -0.2) is 15.6 Å². The Kier molecular flexibility index (Phi) is 3.84. The number of aromatic nitrogens is 2. The number of hydrogen-bond donors (Lipinski definition) is 0. The molecule has 0 bridgehead atoms. The van der Waals surface area contributed by atoms with E-state index < -0.39 is 0 Å². The van der Waals surface area contributed by atoms with Gasteiger partial charge in [0.25, 0.3) is 0 Å². The van der Waals surface area contributed by atoms with Gasteiger partial charge in [0.1, 0.15) is 0 Å².